The molecule has 0 bridgehead atoms. The molecule has 0 aliphatic carbocycles. The molecule has 0 radical (unpaired) electrons. The van der Waals surface area contributed by atoms with Crippen LogP contribution >= 0.6 is 0 Å². The number of ether oxygens (including phenoxy) is 1. The minimum absolute atomic E-state index is 0.253. The molecule has 2 aromatic rings. The fourth-order valence-corrected chi connectivity index (χ4v) is 1.95. The normalized spacial score (nSPS) is 10.2. The average Bonchev–Trinajstić information content (AvgIpc) is 2.47. The number of hydrogen-bond acceptors (Lipinski definition) is 3. The van der Waals surface area contributed by atoms with E-state index in [0.717, 1.165) is 5.56 Å². The van der Waals surface area contributed by atoms with Crippen molar-refractivity contribution in [3.63, 3.8) is 0 Å². The Kier molecular flexibility index (Phi) is 4.42. The maximum Gasteiger partial charge on any atom is 0.251 e. The Morgan fingerprint density at radius 1 is 1.29 bits per heavy atom. The van der Waals surface area contributed by atoms with Crippen LogP contribution in [0.15, 0.2) is 36.4 Å². The Bertz CT molecular complexity index is 671. The number of halogens is 1. The second kappa shape index (κ2) is 6.26. The minimum atomic E-state index is -0.399. The molecule has 2 aromatic carbocycles. The molecular weight excluding hydrogens is 271 g/mol. The number of benzene rings is 2. The van der Waals surface area contributed by atoms with Crippen LogP contribution in [0.4, 0.5) is 10.1 Å². The third-order valence-corrected chi connectivity index (χ3v) is 3.18. The van der Waals surface area contributed by atoms with Gasteiger partial charge in [0, 0.05) is 23.4 Å². The summed E-state index contributed by atoms with van der Waals surface area (Å²) < 4.78 is 18.7. The van der Waals surface area contributed by atoms with Gasteiger partial charge in [0.2, 0.25) is 0 Å². The van der Waals surface area contributed by atoms with Crippen LogP contribution in [0.25, 0.3) is 0 Å². The molecule has 1 amide bonds. The molecule has 0 fully saturated rings. The van der Waals surface area contributed by atoms with Crippen LogP contribution in [0.5, 0.6) is 5.75 Å². The highest BCUT2D eigenvalue weighted by Crippen LogP contribution is 2.21. The van der Waals surface area contributed by atoms with Gasteiger partial charge in [-0.2, -0.15) is 0 Å². The second-order valence-electron chi connectivity index (χ2n) is 4.72. The van der Waals surface area contributed by atoms with Gasteiger partial charge in [-0.1, -0.05) is 6.07 Å². The van der Waals surface area contributed by atoms with Crippen LogP contribution in [0.2, 0.25) is 0 Å². The van der Waals surface area contributed by atoms with E-state index in [-0.39, 0.29) is 18.0 Å². The summed E-state index contributed by atoms with van der Waals surface area (Å²) in [6.07, 6.45) is 0. The monoisotopic (exact) mass is 288 g/mol. The van der Waals surface area contributed by atoms with Crippen molar-refractivity contribution in [3.8, 4) is 5.75 Å². The number of rotatable bonds is 4. The summed E-state index contributed by atoms with van der Waals surface area (Å²) in [7, 11) is 1.55. The number of nitrogens with two attached hydrogens (primary N) is 1. The number of hydrogen-bond donors (Lipinski definition) is 2. The fraction of sp³-hybridized carbons (Fsp3) is 0.188. The molecule has 0 aliphatic rings. The van der Waals surface area contributed by atoms with Gasteiger partial charge in [-0.25, -0.2) is 4.39 Å². The van der Waals surface area contributed by atoms with E-state index >= 15 is 0 Å². The van der Waals surface area contributed by atoms with Crippen LogP contribution in [-0.4, -0.2) is 13.0 Å². The lowest BCUT2D eigenvalue weighted by atomic mass is 10.1. The maximum atomic E-state index is 13.5. The predicted molar refractivity (Wildman–Crippen MR) is 79.7 cm³/mol. The number of anilines is 1. The van der Waals surface area contributed by atoms with Crippen LogP contribution in [0.3, 0.4) is 0 Å². The molecule has 4 nitrogen and oxygen atoms in total. The molecular formula is C16H17FN2O2. The number of methoxy groups -OCH3 is 1. The topological polar surface area (TPSA) is 64.3 Å². The highest BCUT2D eigenvalue weighted by molar-refractivity contribution is 5.94. The van der Waals surface area contributed by atoms with Crippen molar-refractivity contribution in [1.29, 1.82) is 0 Å². The van der Waals surface area contributed by atoms with Crippen molar-refractivity contribution in [1.82, 2.24) is 5.32 Å². The number of carbonyl (C=O) groups excluding carboxylic acids is 1. The van der Waals surface area contributed by atoms with Crippen LogP contribution in [-0.2, 0) is 6.54 Å². The summed E-state index contributed by atoms with van der Waals surface area (Å²) >= 11 is 0. The van der Waals surface area contributed by atoms with Gasteiger partial charge in [-0.15, -0.1) is 0 Å². The van der Waals surface area contributed by atoms with Crippen molar-refractivity contribution >= 4 is 11.6 Å². The minimum Gasteiger partial charge on any atom is -0.496 e. The van der Waals surface area contributed by atoms with Gasteiger partial charge >= 0.3 is 0 Å². The predicted octanol–water partition coefficient (Wildman–Crippen LogP) is 2.65. The highest BCUT2D eigenvalue weighted by atomic mass is 19.1. The molecule has 0 saturated heterocycles. The Hall–Kier alpha value is -2.56. The van der Waals surface area contributed by atoms with E-state index in [1.165, 1.54) is 6.07 Å². The first-order valence-electron chi connectivity index (χ1n) is 6.48. The molecule has 21 heavy (non-hydrogen) atoms. The maximum absolute atomic E-state index is 13.5. The highest BCUT2D eigenvalue weighted by Gasteiger charge is 2.10. The van der Waals surface area contributed by atoms with E-state index in [1.807, 2.05) is 0 Å². The summed E-state index contributed by atoms with van der Waals surface area (Å²) in [5.41, 5.74) is 7.85. The zero-order chi connectivity index (χ0) is 15.4. The van der Waals surface area contributed by atoms with Crippen molar-refractivity contribution in [2.75, 3.05) is 12.8 Å². The van der Waals surface area contributed by atoms with Crippen molar-refractivity contribution < 1.29 is 13.9 Å². The smallest absolute Gasteiger partial charge is 0.251 e. The lowest BCUT2D eigenvalue weighted by molar-refractivity contribution is 0.0950. The van der Waals surface area contributed by atoms with E-state index in [1.54, 1.807) is 44.4 Å². The Morgan fingerprint density at radius 2 is 2.05 bits per heavy atom. The van der Waals surface area contributed by atoms with Gasteiger partial charge in [0.25, 0.3) is 5.91 Å². The second-order valence-corrected chi connectivity index (χ2v) is 4.72. The first-order chi connectivity index (χ1) is 10.0. The van der Waals surface area contributed by atoms with Crippen molar-refractivity contribution in [2.45, 2.75) is 13.5 Å². The number of nitrogens with one attached hydrogen (secondary N) is 1. The first-order valence-corrected chi connectivity index (χ1v) is 6.48. The molecule has 0 aromatic heterocycles. The molecule has 0 atom stereocenters. The number of carbonyl (C=O) groups is 1. The van der Waals surface area contributed by atoms with E-state index < -0.39 is 5.82 Å². The number of amides is 1. The zero-order valence-corrected chi connectivity index (χ0v) is 11.9. The molecule has 0 unspecified atom stereocenters. The average molecular weight is 288 g/mol. The summed E-state index contributed by atoms with van der Waals surface area (Å²) in [5.74, 6) is -0.109. The van der Waals surface area contributed by atoms with E-state index in [2.05, 4.69) is 5.32 Å². The summed E-state index contributed by atoms with van der Waals surface area (Å²) in [6, 6.07) is 9.58. The lowest BCUT2D eigenvalue weighted by Crippen LogP contribution is -2.23. The lowest BCUT2D eigenvalue weighted by Gasteiger charge is -2.11. The Balaban J connectivity index is 2.10. The third-order valence-electron chi connectivity index (χ3n) is 3.18. The quantitative estimate of drug-likeness (QED) is 0.850. The van der Waals surface area contributed by atoms with Crippen LogP contribution < -0.4 is 15.8 Å². The van der Waals surface area contributed by atoms with Crippen LogP contribution in [0, 0.1) is 12.7 Å². The SMILES string of the molecule is COc1ccc(N)cc1CNC(=O)c1ccc(C)c(F)c1. The molecule has 5 heteroatoms. The fourth-order valence-electron chi connectivity index (χ4n) is 1.95. The van der Waals surface area contributed by atoms with E-state index in [0.29, 0.717) is 17.0 Å². The number of aryl methyl sites for hydroxylation is 1. The molecule has 3 N–H and O–H groups in total. The Morgan fingerprint density at radius 3 is 2.71 bits per heavy atom. The molecule has 2 rings (SSSR count). The van der Waals surface area contributed by atoms with Gasteiger partial charge in [0.1, 0.15) is 11.6 Å². The standard InChI is InChI=1S/C16H17FN2O2/c1-10-3-4-11(8-14(10)17)16(20)19-9-12-7-13(18)5-6-15(12)21-2/h3-8H,9,18H2,1-2H3,(H,19,20). The largest absolute Gasteiger partial charge is 0.496 e. The van der Waals surface area contributed by atoms with Gasteiger partial charge in [0.05, 0.1) is 7.11 Å². The zero-order valence-electron chi connectivity index (χ0n) is 11.9. The van der Waals surface area contributed by atoms with Crippen molar-refractivity contribution in [3.05, 3.63) is 58.9 Å². The molecule has 110 valence electrons. The summed E-state index contributed by atoms with van der Waals surface area (Å²) in [5, 5.41) is 2.72. The summed E-state index contributed by atoms with van der Waals surface area (Å²) in [6.45, 7) is 1.90. The van der Waals surface area contributed by atoms with Crippen LogP contribution in [0.1, 0.15) is 21.5 Å². The molecule has 0 heterocycles. The molecule has 0 saturated carbocycles. The van der Waals surface area contributed by atoms with E-state index in [9.17, 15) is 9.18 Å². The van der Waals surface area contributed by atoms with E-state index in [4.69, 9.17) is 10.5 Å². The van der Waals surface area contributed by atoms with Gasteiger partial charge in [-0.05, 0) is 42.8 Å². The first kappa shape index (κ1) is 14.8. The molecule has 0 spiro atoms. The summed E-state index contributed by atoms with van der Waals surface area (Å²) in [4.78, 5) is 12.0. The third kappa shape index (κ3) is 3.51. The van der Waals surface area contributed by atoms with Gasteiger partial charge in [0.15, 0.2) is 0 Å². The Labute approximate surface area is 122 Å². The number of nitrogen functional groups attached to an aromatic ring is 1. The van der Waals surface area contributed by atoms with Gasteiger partial charge < -0.3 is 15.8 Å². The van der Waals surface area contributed by atoms with Gasteiger partial charge in [-0.3, -0.25) is 4.79 Å². The van der Waals surface area contributed by atoms with Crippen molar-refractivity contribution in [2.24, 2.45) is 0 Å². The molecule has 0 aliphatic heterocycles.